The molecule has 162 valence electrons. The molecule has 6 heteroatoms. The predicted molar refractivity (Wildman–Crippen MR) is 115 cm³/mol. The lowest BCUT2D eigenvalue weighted by molar-refractivity contribution is -0.137. The summed E-state index contributed by atoms with van der Waals surface area (Å²) in [6.07, 6.45) is 1.86. The minimum absolute atomic E-state index is 0.0438. The van der Waals surface area contributed by atoms with Gasteiger partial charge in [0.2, 0.25) is 0 Å². The zero-order chi connectivity index (χ0) is 21.7. The first kappa shape index (κ1) is 22.7. The van der Waals surface area contributed by atoms with E-state index in [1.807, 2.05) is 12.1 Å². The molecule has 30 heavy (non-hydrogen) atoms. The normalized spacial score (nSPS) is 16.2. The van der Waals surface area contributed by atoms with E-state index in [9.17, 15) is 13.2 Å². The van der Waals surface area contributed by atoms with E-state index in [-0.39, 0.29) is 28.8 Å². The van der Waals surface area contributed by atoms with Crippen molar-refractivity contribution >= 4 is 17.3 Å². The standard InChI is InChI=1S/C24H27ClF3NO/c1-16(2)23(21-14-20(25)12-13-22(21)24(26,27)28)29-30-15-17-8-10-19(11-9-17)18-6-4-3-5-7-18/h8-14,16,18H,3-7,15H2,1-2H3/b29-23+. The fraction of sp³-hybridized carbons (Fsp3) is 0.458. The Morgan fingerprint density at radius 3 is 2.33 bits per heavy atom. The molecule has 0 aliphatic heterocycles. The average Bonchev–Trinajstić information content (AvgIpc) is 2.71. The molecule has 0 bridgehead atoms. The summed E-state index contributed by atoms with van der Waals surface area (Å²) in [6.45, 7) is 3.76. The summed E-state index contributed by atoms with van der Waals surface area (Å²) in [5.74, 6) is 0.362. The van der Waals surface area contributed by atoms with Gasteiger partial charge in [-0.25, -0.2) is 0 Å². The summed E-state index contributed by atoms with van der Waals surface area (Å²) >= 11 is 5.96. The fourth-order valence-corrected chi connectivity index (χ4v) is 4.11. The lowest BCUT2D eigenvalue weighted by Crippen LogP contribution is -2.18. The van der Waals surface area contributed by atoms with Gasteiger partial charge in [0.15, 0.2) is 0 Å². The second kappa shape index (κ2) is 9.86. The van der Waals surface area contributed by atoms with Crippen LogP contribution in [0.2, 0.25) is 5.02 Å². The van der Waals surface area contributed by atoms with Gasteiger partial charge in [-0.1, -0.05) is 74.1 Å². The number of halogens is 4. The van der Waals surface area contributed by atoms with Gasteiger partial charge in [-0.05, 0) is 54.0 Å². The summed E-state index contributed by atoms with van der Waals surface area (Å²) in [5.41, 5.74) is 1.70. The van der Waals surface area contributed by atoms with E-state index in [1.165, 1.54) is 49.8 Å². The van der Waals surface area contributed by atoms with E-state index in [1.54, 1.807) is 13.8 Å². The van der Waals surface area contributed by atoms with Crippen molar-refractivity contribution in [2.75, 3.05) is 0 Å². The Morgan fingerprint density at radius 1 is 1.07 bits per heavy atom. The molecule has 0 unspecified atom stereocenters. The van der Waals surface area contributed by atoms with Gasteiger partial charge in [-0.3, -0.25) is 0 Å². The van der Waals surface area contributed by atoms with Crippen molar-refractivity contribution in [3.63, 3.8) is 0 Å². The highest BCUT2D eigenvalue weighted by Gasteiger charge is 2.35. The van der Waals surface area contributed by atoms with Crippen LogP contribution in [-0.4, -0.2) is 5.71 Å². The van der Waals surface area contributed by atoms with Crippen LogP contribution in [0.5, 0.6) is 0 Å². The Bertz CT molecular complexity index is 869. The van der Waals surface area contributed by atoms with E-state index in [2.05, 4.69) is 17.3 Å². The lowest BCUT2D eigenvalue weighted by atomic mass is 9.84. The minimum Gasteiger partial charge on any atom is -0.391 e. The SMILES string of the molecule is CC(C)/C(=N\OCc1ccc(C2CCCCC2)cc1)c1cc(Cl)ccc1C(F)(F)F. The summed E-state index contributed by atoms with van der Waals surface area (Å²) in [7, 11) is 0. The van der Waals surface area contributed by atoms with Crippen molar-refractivity contribution in [2.24, 2.45) is 11.1 Å². The first-order chi connectivity index (χ1) is 14.3. The number of alkyl halides is 3. The molecule has 3 rings (SSSR count). The number of benzene rings is 2. The van der Waals surface area contributed by atoms with Crippen molar-refractivity contribution in [3.8, 4) is 0 Å². The Morgan fingerprint density at radius 2 is 1.73 bits per heavy atom. The molecule has 2 aromatic rings. The second-order valence-corrected chi connectivity index (χ2v) is 8.61. The van der Waals surface area contributed by atoms with Crippen LogP contribution in [0.25, 0.3) is 0 Å². The Hall–Kier alpha value is -2.01. The van der Waals surface area contributed by atoms with Crippen molar-refractivity contribution in [2.45, 2.75) is 64.7 Å². The molecule has 1 aliphatic carbocycles. The summed E-state index contributed by atoms with van der Waals surface area (Å²) in [6, 6.07) is 11.8. The molecular weight excluding hydrogens is 411 g/mol. The second-order valence-electron chi connectivity index (χ2n) is 8.17. The van der Waals surface area contributed by atoms with Crippen molar-refractivity contribution in [1.82, 2.24) is 0 Å². The van der Waals surface area contributed by atoms with Gasteiger partial charge in [-0.2, -0.15) is 13.2 Å². The van der Waals surface area contributed by atoms with Gasteiger partial charge in [0.1, 0.15) is 6.61 Å². The minimum atomic E-state index is -4.50. The molecule has 2 aromatic carbocycles. The zero-order valence-corrected chi connectivity index (χ0v) is 18.1. The fourth-order valence-electron chi connectivity index (χ4n) is 3.94. The molecule has 0 atom stereocenters. The molecule has 1 fully saturated rings. The van der Waals surface area contributed by atoms with Gasteiger partial charge in [-0.15, -0.1) is 0 Å². The van der Waals surface area contributed by atoms with Gasteiger partial charge in [0, 0.05) is 10.6 Å². The Labute approximate surface area is 181 Å². The molecule has 0 radical (unpaired) electrons. The maximum absolute atomic E-state index is 13.4. The molecule has 0 heterocycles. The number of hydrogen-bond acceptors (Lipinski definition) is 2. The van der Waals surface area contributed by atoms with E-state index in [0.717, 1.165) is 11.6 Å². The third kappa shape index (κ3) is 5.78. The van der Waals surface area contributed by atoms with Gasteiger partial charge >= 0.3 is 6.18 Å². The van der Waals surface area contributed by atoms with E-state index >= 15 is 0 Å². The van der Waals surface area contributed by atoms with Crippen LogP contribution >= 0.6 is 11.6 Å². The number of hydrogen-bond donors (Lipinski definition) is 0. The molecule has 1 saturated carbocycles. The van der Waals surface area contributed by atoms with Gasteiger partial charge in [0.25, 0.3) is 0 Å². The van der Waals surface area contributed by atoms with Crippen LogP contribution in [0.3, 0.4) is 0 Å². The molecular formula is C24H27ClF3NO. The monoisotopic (exact) mass is 437 g/mol. The Kier molecular flexibility index (Phi) is 7.45. The quantitative estimate of drug-likeness (QED) is 0.331. The third-order valence-electron chi connectivity index (χ3n) is 5.56. The first-order valence-corrected chi connectivity index (χ1v) is 10.8. The molecule has 0 saturated heterocycles. The number of oxime groups is 1. The van der Waals surface area contributed by atoms with Gasteiger partial charge < -0.3 is 4.84 Å². The molecule has 0 amide bonds. The van der Waals surface area contributed by atoms with E-state index in [0.29, 0.717) is 5.92 Å². The van der Waals surface area contributed by atoms with Crippen molar-refractivity contribution in [3.05, 3.63) is 69.7 Å². The summed E-state index contributed by atoms with van der Waals surface area (Å²) in [4.78, 5) is 5.47. The highest BCUT2D eigenvalue weighted by atomic mass is 35.5. The van der Waals surface area contributed by atoms with Crippen LogP contribution < -0.4 is 0 Å². The topological polar surface area (TPSA) is 21.6 Å². The highest BCUT2D eigenvalue weighted by molar-refractivity contribution is 6.31. The van der Waals surface area contributed by atoms with E-state index in [4.69, 9.17) is 16.4 Å². The average molecular weight is 438 g/mol. The summed E-state index contributed by atoms with van der Waals surface area (Å²) in [5, 5.41) is 4.30. The maximum Gasteiger partial charge on any atom is 0.417 e. The zero-order valence-electron chi connectivity index (χ0n) is 17.3. The van der Waals surface area contributed by atoms with Crippen molar-refractivity contribution < 1.29 is 18.0 Å². The molecule has 1 aliphatic rings. The van der Waals surface area contributed by atoms with Crippen LogP contribution in [0.4, 0.5) is 13.2 Å². The first-order valence-electron chi connectivity index (χ1n) is 10.4. The van der Waals surface area contributed by atoms with Crippen LogP contribution in [0.15, 0.2) is 47.6 Å². The summed E-state index contributed by atoms with van der Waals surface area (Å²) < 4.78 is 40.3. The third-order valence-corrected chi connectivity index (χ3v) is 5.80. The number of rotatable bonds is 6. The predicted octanol–water partition coefficient (Wildman–Crippen LogP) is 7.98. The number of nitrogens with zero attached hydrogens (tertiary/aromatic N) is 1. The Balaban J connectivity index is 1.74. The van der Waals surface area contributed by atoms with Gasteiger partial charge in [0.05, 0.1) is 11.3 Å². The highest BCUT2D eigenvalue weighted by Crippen LogP contribution is 2.35. The van der Waals surface area contributed by atoms with Crippen molar-refractivity contribution in [1.29, 1.82) is 0 Å². The molecule has 0 aromatic heterocycles. The lowest BCUT2D eigenvalue weighted by Gasteiger charge is -2.22. The molecule has 2 nitrogen and oxygen atoms in total. The van der Waals surface area contributed by atoms with E-state index < -0.39 is 11.7 Å². The van der Waals surface area contributed by atoms with Crippen LogP contribution in [-0.2, 0) is 17.6 Å². The maximum atomic E-state index is 13.4. The smallest absolute Gasteiger partial charge is 0.391 e. The molecule has 0 N–H and O–H groups in total. The van der Waals surface area contributed by atoms with Crippen LogP contribution in [0, 0.1) is 5.92 Å². The molecule has 0 spiro atoms. The van der Waals surface area contributed by atoms with Crippen LogP contribution in [0.1, 0.15) is 74.1 Å². The largest absolute Gasteiger partial charge is 0.417 e.